The van der Waals surface area contributed by atoms with E-state index in [9.17, 15) is 9.59 Å². The first kappa shape index (κ1) is 13.8. The van der Waals surface area contributed by atoms with Crippen LogP contribution in [0.5, 0.6) is 0 Å². The van der Waals surface area contributed by atoms with Crippen LogP contribution in [0.4, 0.5) is 0 Å². The van der Waals surface area contributed by atoms with Crippen LogP contribution >= 0.6 is 0 Å². The summed E-state index contributed by atoms with van der Waals surface area (Å²) in [6.07, 6.45) is 11.8. The Morgan fingerprint density at radius 3 is 2.89 bits per heavy atom. The topological polar surface area (TPSA) is 43.4 Å². The zero-order chi connectivity index (χ0) is 13.8. The summed E-state index contributed by atoms with van der Waals surface area (Å²) < 4.78 is 4.88. The third-order valence-corrected chi connectivity index (χ3v) is 3.90. The van der Waals surface area contributed by atoms with Crippen LogP contribution in [-0.2, 0) is 14.3 Å². The highest BCUT2D eigenvalue weighted by atomic mass is 16.5. The van der Waals surface area contributed by atoms with Crippen molar-refractivity contribution in [3.63, 3.8) is 0 Å². The van der Waals surface area contributed by atoms with E-state index in [1.54, 1.807) is 0 Å². The number of hydrogen-bond donors (Lipinski definition) is 0. The molecule has 0 N–H and O–H groups in total. The van der Waals surface area contributed by atoms with Crippen LogP contribution in [0.25, 0.3) is 0 Å². The molecule has 0 radical (unpaired) electrons. The monoisotopic (exact) mass is 260 g/mol. The highest BCUT2D eigenvalue weighted by molar-refractivity contribution is 5.84. The molecule has 3 atom stereocenters. The van der Waals surface area contributed by atoms with Crippen molar-refractivity contribution in [3.8, 4) is 0 Å². The summed E-state index contributed by atoms with van der Waals surface area (Å²) >= 11 is 0. The Bertz CT molecular complexity index is 457. The Morgan fingerprint density at radius 1 is 1.37 bits per heavy atom. The Hall–Kier alpha value is -1.64. The summed E-state index contributed by atoms with van der Waals surface area (Å²) in [5.41, 5.74) is 1.06. The van der Waals surface area contributed by atoms with E-state index in [2.05, 4.69) is 19.1 Å². The molecule has 0 amide bonds. The van der Waals surface area contributed by atoms with Crippen LogP contribution in [0.1, 0.15) is 26.2 Å². The Morgan fingerprint density at radius 2 is 2.16 bits per heavy atom. The minimum atomic E-state index is -0.201. The molecule has 1 saturated carbocycles. The molecule has 0 aromatic heterocycles. The molecule has 1 fully saturated rings. The quantitative estimate of drug-likeness (QED) is 0.717. The molecular weight excluding hydrogens is 240 g/mol. The Labute approximate surface area is 114 Å². The predicted octanol–water partition coefficient (Wildman–Crippen LogP) is 2.83. The molecule has 19 heavy (non-hydrogen) atoms. The minimum absolute atomic E-state index is 0.0418. The summed E-state index contributed by atoms with van der Waals surface area (Å²) in [5, 5.41) is 0. The van der Waals surface area contributed by atoms with E-state index >= 15 is 0 Å². The Kier molecular flexibility index (Phi) is 4.35. The first-order valence-corrected chi connectivity index (χ1v) is 6.78. The second kappa shape index (κ2) is 6.00. The molecule has 2 aliphatic carbocycles. The van der Waals surface area contributed by atoms with Crippen LogP contribution in [0.15, 0.2) is 36.0 Å². The number of methoxy groups -OCH3 is 1. The summed E-state index contributed by atoms with van der Waals surface area (Å²) in [5.74, 6) is 0.179. The average Bonchev–Trinajstić information content (AvgIpc) is 2.62. The smallest absolute Gasteiger partial charge is 0.309 e. The fraction of sp³-hybridized carbons (Fsp3) is 0.500. The number of esters is 1. The number of ether oxygens (including phenoxy) is 1. The number of carbonyl (C=O) groups excluding carboxylic acids is 2. The molecule has 2 rings (SSSR count). The van der Waals surface area contributed by atoms with Gasteiger partial charge < -0.3 is 4.74 Å². The molecule has 0 spiro atoms. The summed E-state index contributed by atoms with van der Waals surface area (Å²) in [4.78, 5) is 23.6. The van der Waals surface area contributed by atoms with Crippen molar-refractivity contribution in [1.29, 1.82) is 0 Å². The van der Waals surface area contributed by atoms with Gasteiger partial charge in [-0.2, -0.15) is 0 Å². The zero-order valence-corrected chi connectivity index (χ0v) is 11.5. The van der Waals surface area contributed by atoms with Crippen molar-refractivity contribution in [2.24, 2.45) is 17.8 Å². The molecule has 0 bridgehead atoms. The van der Waals surface area contributed by atoms with Gasteiger partial charge in [0.2, 0.25) is 0 Å². The lowest BCUT2D eigenvalue weighted by Crippen LogP contribution is -2.32. The van der Waals surface area contributed by atoms with Gasteiger partial charge in [-0.05, 0) is 17.9 Å². The maximum absolute atomic E-state index is 11.9. The van der Waals surface area contributed by atoms with E-state index in [1.807, 2.05) is 18.2 Å². The van der Waals surface area contributed by atoms with Crippen LogP contribution in [-0.4, -0.2) is 18.9 Å². The lowest BCUT2D eigenvalue weighted by molar-refractivity contribution is -0.148. The molecule has 3 heteroatoms. The second-order valence-corrected chi connectivity index (χ2v) is 5.29. The van der Waals surface area contributed by atoms with Gasteiger partial charge in [0.05, 0.1) is 13.0 Å². The zero-order valence-electron chi connectivity index (χ0n) is 11.5. The van der Waals surface area contributed by atoms with Crippen LogP contribution in [0.2, 0.25) is 0 Å². The van der Waals surface area contributed by atoms with Gasteiger partial charge in [0, 0.05) is 18.8 Å². The molecule has 0 aromatic carbocycles. The molecular formula is C16H20O3. The fourth-order valence-corrected chi connectivity index (χ4v) is 2.76. The lowest BCUT2D eigenvalue weighted by Gasteiger charge is -2.29. The van der Waals surface area contributed by atoms with E-state index in [1.165, 1.54) is 7.11 Å². The molecule has 3 nitrogen and oxygen atoms in total. The van der Waals surface area contributed by atoms with E-state index in [0.29, 0.717) is 25.2 Å². The number of ketones is 1. The van der Waals surface area contributed by atoms with E-state index < -0.39 is 0 Å². The van der Waals surface area contributed by atoms with Crippen molar-refractivity contribution in [2.75, 3.05) is 7.11 Å². The number of Topliss-reactive ketones (excluding diaryl/α,β-unsaturated/α-hetero) is 1. The molecule has 2 aliphatic rings. The number of rotatable bonds is 2. The minimum Gasteiger partial charge on any atom is -0.469 e. The van der Waals surface area contributed by atoms with Gasteiger partial charge in [-0.1, -0.05) is 37.3 Å². The standard InChI is InChI=1S/C16H20O3/c1-11-4-3-5-12(7-6-11)15-10-13(17)8-9-14(15)16(18)19-2/h3-7,11,14-15H,8-10H2,1-2H3/t11?,14-,15+/m1/s1. The van der Waals surface area contributed by atoms with Crippen molar-refractivity contribution in [1.82, 2.24) is 0 Å². The highest BCUT2D eigenvalue weighted by Crippen LogP contribution is 2.35. The number of hydrogen-bond acceptors (Lipinski definition) is 3. The molecule has 0 saturated heterocycles. The van der Waals surface area contributed by atoms with Gasteiger partial charge in [0.1, 0.15) is 5.78 Å². The van der Waals surface area contributed by atoms with E-state index in [0.717, 1.165) is 5.57 Å². The SMILES string of the molecule is COC(=O)[C@@H]1CCC(=O)C[C@H]1C1=CC=CC(C)C=C1. The third kappa shape index (κ3) is 3.22. The van der Waals surface area contributed by atoms with E-state index in [-0.39, 0.29) is 23.6 Å². The van der Waals surface area contributed by atoms with Gasteiger partial charge >= 0.3 is 5.97 Å². The summed E-state index contributed by atoms with van der Waals surface area (Å²) in [6, 6.07) is 0. The van der Waals surface area contributed by atoms with Gasteiger partial charge in [-0.3, -0.25) is 9.59 Å². The van der Waals surface area contributed by atoms with Gasteiger partial charge in [0.25, 0.3) is 0 Å². The molecule has 0 aliphatic heterocycles. The summed E-state index contributed by atoms with van der Waals surface area (Å²) in [6.45, 7) is 2.10. The van der Waals surface area contributed by atoms with Crippen molar-refractivity contribution in [3.05, 3.63) is 36.0 Å². The maximum atomic E-state index is 11.9. The van der Waals surface area contributed by atoms with Gasteiger partial charge in [0.15, 0.2) is 0 Å². The average molecular weight is 260 g/mol. The van der Waals surface area contributed by atoms with Crippen molar-refractivity contribution >= 4 is 11.8 Å². The van der Waals surface area contributed by atoms with Crippen LogP contribution in [0, 0.1) is 17.8 Å². The lowest BCUT2D eigenvalue weighted by atomic mass is 9.74. The second-order valence-electron chi connectivity index (χ2n) is 5.29. The van der Waals surface area contributed by atoms with Crippen LogP contribution in [0.3, 0.4) is 0 Å². The van der Waals surface area contributed by atoms with Gasteiger partial charge in [-0.15, -0.1) is 0 Å². The predicted molar refractivity (Wildman–Crippen MR) is 73.4 cm³/mol. The molecule has 102 valence electrons. The van der Waals surface area contributed by atoms with Crippen molar-refractivity contribution in [2.45, 2.75) is 26.2 Å². The normalized spacial score (nSPS) is 30.7. The van der Waals surface area contributed by atoms with Crippen molar-refractivity contribution < 1.29 is 14.3 Å². The first-order chi connectivity index (χ1) is 9.11. The van der Waals surface area contributed by atoms with Crippen LogP contribution < -0.4 is 0 Å². The molecule has 0 aromatic rings. The van der Waals surface area contributed by atoms with Gasteiger partial charge in [-0.25, -0.2) is 0 Å². The largest absolute Gasteiger partial charge is 0.469 e. The fourth-order valence-electron chi connectivity index (χ4n) is 2.76. The summed E-state index contributed by atoms with van der Waals surface area (Å²) in [7, 11) is 1.41. The molecule has 0 heterocycles. The first-order valence-electron chi connectivity index (χ1n) is 6.78. The molecule has 1 unspecified atom stereocenters. The maximum Gasteiger partial charge on any atom is 0.309 e. The van der Waals surface area contributed by atoms with E-state index in [4.69, 9.17) is 4.74 Å². The highest BCUT2D eigenvalue weighted by Gasteiger charge is 2.36. The Balaban J connectivity index is 2.25. The number of allylic oxidation sites excluding steroid dienone is 6. The third-order valence-electron chi connectivity index (χ3n) is 3.90. The number of carbonyl (C=O) groups is 2.